The predicted molar refractivity (Wildman–Crippen MR) is 104 cm³/mol. The van der Waals surface area contributed by atoms with E-state index in [1.165, 1.54) is 6.20 Å². The Morgan fingerprint density at radius 1 is 1.18 bits per heavy atom. The number of carbonyl (C=O) groups excluding carboxylic acids is 1. The zero-order chi connectivity index (χ0) is 19.3. The molecule has 2 N–H and O–H groups in total. The molecule has 0 fully saturated rings. The minimum Gasteiger partial charge on any atom is -0.497 e. The molecule has 0 aliphatic carbocycles. The summed E-state index contributed by atoms with van der Waals surface area (Å²) >= 11 is 0. The number of hydrogen-bond acceptors (Lipinski definition) is 5. The summed E-state index contributed by atoms with van der Waals surface area (Å²) in [7, 11) is 1.60. The van der Waals surface area contributed by atoms with E-state index in [1.807, 2.05) is 36.4 Å². The fourth-order valence-electron chi connectivity index (χ4n) is 2.87. The second kappa shape index (κ2) is 7.75. The van der Waals surface area contributed by atoms with Gasteiger partial charge in [0.05, 0.1) is 37.3 Å². The smallest absolute Gasteiger partial charge is 0.260 e. The van der Waals surface area contributed by atoms with Crippen LogP contribution in [0.5, 0.6) is 5.75 Å². The Balaban J connectivity index is 1.56. The van der Waals surface area contributed by atoms with E-state index < -0.39 is 0 Å². The second-order valence-corrected chi connectivity index (χ2v) is 6.08. The lowest BCUT2D eigenvalue weighted by Crippen LogP contribution is -2.16. The number of rotatable bonds is 6. The molecule has 4 rings (SSSR count). The number of carbonyl (C=O) groups is 1. The van der Waals surface area contributed by atoms with E-state index in [2.05, 4.69) is 25.6 Å². The molecular formula is C20H18N6O2. The van der Waals surface area contributed by atoms with E-state index in [-0.39, 0.29) is 5.91 Å². The van der Waals surface area contributed by atoms with Crippen LogP contribution in [0.2, 0.25) is 0 Å². The molecule has 0 atom stereocenters. The highest BCUT2D eigenvalue weighted by Crippen LogP contribution is 2.25. The number of benzene rings is 1. The molecule has 0 spiro atoms. The van der Waals surface area contributed by atoms with Gasteiger partial charge < -0.3 is 10.1 Å². The summed E-state index contributed by atoms with van der Waals surface area (Å²) in [5.41, 5.74) is 2.85. The number of hydrogen-bond donors (Lipinski definition) is 2. The van der Waals surface area contributed by atoms with Crippen LogP contribution in [0.25, 0.3) is 11.3 Å². The SMILES string of the molecule is COc1cccc(-c2[nH]ncc2C(=O)Nc2ccnn2Cc2cccnc2)c1. The monoisotopic (exact) mass is 374 g/mol. The number of nitrogens with zero attached hydrogens (tertiary/aromatic N) is 4. The molecule has 0 bridgehead atoms. The Bertz CT molecular complexity index is 1090. The van der Waals surface area contributed by atoms with Crippen molar-refractivity contribution in [2.24, 2.45) is 0 Å². The fourth-order valence-corrected chi connectivity index (χ4v) is 2.87. The van der Waals surface area contributed by atoms with Gasteiger partial charge in [-0.2, -0.15) is 10.2 Å². The van der Waals surface area contributed by atoms with Crippen LogP contribution in [0.15, 0.2) is 67.3 Å². The first-order valence-electron chi connectivity index (χ1n) is 8.64. The van der Waals surface area contributed by atoms with Crippen molar-refractivity contribution in [2.45, 2.75) is 6.54 Å². The second-order valence-electron chi connectivity index (χ2n) is 6.08. The van der Waals surface area contributed by atoms with Gasteiger partial charge in [0.15, 0.2) is 0 Å². The molecule has 1 aromatic carbocycles. The third-order valence-electron chi connectivity index (χ3n) is 4.26. The normalized spacial score (nSPS) is 10.6. The largest absolute Gasteiger partial charge is 0.497 e. The quantitative estimate of drug-likeness (QED) is 0.541. The lowest BCUT2D eigenvalue weighted by molar-refractivity contribution is 0.102. The van der Waals surface area contributed by atoms with Gasteiger partial charge in [-0.25, -0.2) is 4.68 Å². The lowest BCUT2D eigenvalue weighted by atomic mass is 10.1. The van der Waals surface area contributed by atoms with Gasteiger partial charge in [0, 0.05) is 24.0 Å². The van der Waals surface area contributed by atoms with Crippen LogP contribution in [-0.4, -0.2) is 38.0 Å². The van der Waals surface area contributed by atoms with Crippen molar-refractivity contribution in [3.63, 3.8) is 0 Å². The van der Waals surface area contributed by atoms with Gasteiger partial charge in [-0.15, -0.1) is 0 Å². The average molecular weight is 374 g/mol. The predicted octanol–water partition coefficient (Wildman–Crippen LogP) is 2.98. The topological polar surface area (TPSA) is 97.7 Å². The Morgan fingerprint density at radius 2 is 2.11 bits per heavy atom. The van der Waals surface area contributed by atoms with Gasteiger partial charge >= 0.3 is 0 Å². The van der Waals surface area contributed by atoms with Gasteiger partial charge in [-0.05, 0) is 23.8 Å². The number of aromatic nitrogens is 5. The highest BCUT2D eigenvalue weighted by atomic mass is 16.5. The summed E-state index contributed by atoms with van der Waals surface area (Å²) in [6.45, 7) is 0.505. The molecule has 140 valence electrons. The van der Waals surface area contributed by atoms with Crippen LogP contribution in [0.3, 0.4) is 0 Å². The molecule has 8 nitrogen and oxygen atoms in total. The van der Waals surface area contributed by atoms with Crippen molar-refractivity contribution < 1.29 is 9.53 Å². The maximum absolute atomic E-state index is 12.9. The molecule has 3 heterocycles. The number of methoxy groups -OCH3 is 1. The standard InChI is InChI=1S/C20H18N6O2/c1-28-16-6-2-5-15(10-16)19-17(12-22-25-19)20(27)24-18-7-9-23-26(18)13-14-4-3-8-21-11-14/h2-12H,13H2,1H3,(H,22,25)(H,24,27). The van der Waals surface area contributed by atoms with Crippen LogP contribution < -0.4 is 10.1 Å². The third-order valence-corrected chi connectivity index (χ3v) is 4.26. The van der Waals surface area contributed by atoms with Crippen LogP contribution in [0.1, 0.15) is 15.9 Å². The molecule has 0 unspecified atom stereocenters. The number of anilines is 1. The first-order valence-corrected chi connectivity index (χ1v) is 8.64. The lowest BCUT2D eigenvalue weighted by Gasteiger charge is -2.09. The first kappa shape index (κ1) is 17.5. The minimum atomic E-state index is -0.278. The fraction of sp³-hybridized carbons (Fsp3) is 0.100. The Labute approximate surface area is 161 Å². The molecule has 0 radical (unpaired) electrons. The van der Waals surface area contributed by atoms with Crippen molar-refractivity contribution in [1.29, 1.82) is 0 Å². The highest BCUT2D eigenvalue weighted by Gasteiger charge is 2.17. The van der Waals surface area contributed by atoms with Crippen LogP contribution in [-0.2, 0) is 6.54 Å². The first-order chi connectivity index (χ1) is 13.7. The third kappa shape index (κ3) is 3.61. The summed E-state index contributed by atoms with van der Waals surface area (Å²) in [4.78, 5) is 17.0. The molecule has 0 aliphatic rings. The van der Waals surface area contributed by atoms with E-state index >= 15 is 0 Å². The average Bonchev–Trinajstić information content (AvgIpc) is 3.39. The maximum Gasteiger partial charge on any atom is 0.260 e. The van der Waals surface area contributed by atoms with E-state index in [4.69, 9.17) is 4.74 Å². The molecule has 0 saturated heterocycles. The van der Waals surface area contributed by atoms with E-state index in [0.29, 0.717) is 29.4 Å². The molecule has 0 aliphatic heterocycles. The van der Waals surface area contributed by atoms with Crippen molar-refractivity contribution >= 4 is 11.7 Å². The molecule has 4 aromatic rings. The van der Waals surface area contributed by atoms with Gasteiger partial charge in [-0.1, -0.05) is 18.2 Å². The Hall–Kier alpha value is -3.94. The summed E-state index contributed by atoms with van der Waals surface area (Å²) in [5.74, 6) is 1.01. The summed E-state index contributed by atoms with van der Waals surface area (Å²) in [5, 5.41) is 14.1. The van der Waals surface area contributed by atoms with Crippen molar-refractivity contribution in [1.82, 2.24) is 25.0 Å². The Kier molecular flexibility index (Phi) is 4.83. The zero-order valence-electron chi connectivity index (χ0n) is 15.2. The number of nitrogens with one attached hydrogen (secondary N) is 2. The van der Waals surface area contributed by atoms with Gasteiger partial charge in [0.1, 0.15) is 11.6 Å². The van der Waals surface area contributed by atoms with Gasteiger partial charge in [0.2, 0.25) is 0 Å². The highest BCUT2D eigenvalue weighted by molar-refractivity contribution is 6.07. The zero-order valence-corrected chi connectivity index (χ0v) is 15.2. The van der Waals surface area contributed by atoms with Crippen molar-refractivity contribution in [3.05, 3.63) is 78.4 Å². The molecular weight excluding hydrogens is 356 g/mol. The van der Waals surface area contributed by atoms with Crippen molar-refractivity contribution in [3.8, 4) is 17.0 Å². The van der Waals surface area contributed by atoms with Crippen LogP contribution in [0.4, 0.5) is 5.82 Å². The molecule has 3 aromatic heterocycles. The summed E-state index contributed by atoms with van der Waals surface area (Å²) in [6, 6.07) is 13.0. The van der Waals surface area contributed by atoms with Crippen LogP contribution >= 0.6 is 0 Å². The molecule has 28 heavy (non-hydrogen) atoms. The maximum atomic E-state index is 12.9. The van der Waals surface area contributed by atoms with Gasteiger partial charge in [-0.3, -0.25) is 14.9 Å². The molecule has 1 amide bonds. The molecule has 8 heteroatoms. The number of aromatic amines is 1. The van der Waals surface area contributed by atoms with Gasteiger partial charge in [0.25, 0.3) is 5.91 Å². The van der Waals surface area contributed by atoms with Crippen LogP contribution in [0, 0.1) is 0 Å². The Morgan fingerprint density at radius 3 is 2.93 bits per heavy atom. The van der Waals surface area contributed by atoms with E-state index in [9.17, 15) is 4.79 Å². The minimum absolute atomic E-state index is 0.278. The van der Waals surface area contributed by atoms with Crippen molar-refractivity contribution in [2.75, 3.05) is 12.4 Å². The summed E-state index contributed by atoms with van der Waals surface area (Å²) < 4.78 is 6.97. The number of H-pyrrole nitrogens is 1. The number of pyridine rings is 1. The summed E-state index contributed by atoms with van der Waals surface area (Å²) in [6.07, 6.45) is 6.63. The molecule has 0 saturated carbocycles. The number of ether oxygens (including phenoxy) is 1. The number of amides is 1. The van der Waals surface area contributed by atoms with E-state index in [1.54, 1.807) is 36.4 Å². The van der Waals surface area contributed by atoms with E-state index in [0.717, 1.165) is 11.1 Å².